The third kappa shape index (κ3) is 2.63. The van der Waals surface area contributed by atoms with Crippen molar-refractivity contribution in [3.05, 3.63) is 11.8 Å². The van der Waals surface area contributed by atoms with Crippen molar-refractivity contribution in [1.82, 2.24) is 15.3 Å². The van der Waals surface area contributed by atoms with Crippen molar-refractivity contribution in [3.8, 4) is 0 Å². The minimum Gasteiger partial charge on any atom is -0.368 e. The van der Waals surface area contributed by atoms with Crippen LogP contribution in [0.1, 0.15) is 12.1 Å². The fraction of sp³-hybridized carbons (Fsp3) is 0.600. The monoisotopic (exact) mass is 261 g/mol. The molecule has 1 aliphatic rings. The minimum absolute atomic E-state index is 0.229. The van der Waals surface area contributed by atoms with Crippen LogP contribution in [-0.4, -0.2) is 36.1 Å². The predicted molar refractivity (Wildman–Crippen MR) is 61.1 cm³/mol. The largest absolute Gasteiger partial charge is 0.433 e. The van der Waals surface area contributed by atoms with E-state index >= 15 is 0 Å². The minimum atomic E-state index is -4.51. The zero-order valence-electron chi connectivity index (χ0n) is 9.83. The van der Waals surface area contributed by atoms with Crippen molar-refractivity contribution in [2.24, 2.45) is 0 Å². The van der Waals surface area contributed by atoms with E-state index in [1.54, 1.807) is 4.90 Å². The van der Waals surface area contributed by atoms with Crippen LogP contribution in [0.5, 0.6) is 0 Å². The van der Waals surface area contributed by atoms with Crippen LogP contribution >= 0.6 is 0 Å². The smallest absolute Gasteiger partial charge is 0.368 e. The van der Waals surface area contributed by atoms with Gasteiger partial charge in [-0.05, 0) is 13.5 Å². The number of halogens is 3. The van der Waals surface area contributed by atoms with Gasteiger partial charge in [-0.25, -0.2) is 4.98 Å². The molecule has 0 aliphatic carbocycles. The van der Waals surface area contributed by atoms with E-state index in [0.29, 0.717) is 13.1 Å². The van der Waals surface area contributed by atoms with Crippen LogP contribution in [0.15, 0.2) is 6.07 Å². The Labute approximate surface area is 102 Å². The highest BCUT2D eigenvalue weighted by atomic mass is 19.4. The number of anilines is 2. The first-order chi connectivity index (χ1) is 8.40. The van der Waals surface area contributed by atoms with Gasteiger partial charge in [0.05, 0.1) is 0 Å². The van der Waals surface area contributed by atoms with E-state index in [1.807, 2.05) is 7.05 Å². The standard InChI is InChI=1S/C10H14F3N5/c1-15-6-2-3-18(5-6)8-4-7(10(11,12)13)16-9(14)17-8/h4,6,15H,2-3,5H2,1H3,(H2,14,16,17)/t6-/m1/s1. The van der Waals surface area contributed by atoms with Crippen molar-refractivity contribution in [3.63, 3.8) is 0 Å². The third-order valence-corrected chi connectivity index (χ3v) is 2.94. The number of rotatable bonds is 2. The van der Waals surface area contributed by atoms with E-state index in [4.69, 9.17) is 5.73 Å². The lowest BCUT2D eigenvalue weighted by atomic mass is 10.3. The number of aromatic nitrogens is 2. The molecule has 18 heavy (non-hydrogen) atoms. The summed E-state index contributed by atoms with van der Waals surface area (Å²) < 4.78 is 37.8. The molecular formula is C10H14F3N5. The van der Waals surface area contributed by atoms with Gasteiger partial charge in [0.25, 0.3) is 0 Å². The molecule has 0 bridgehead atoms. The average Bonchev–Trinajstić information content (AvgIpc) is 2.75. The Kier molecular flexibility index (Phi) is 3.29. The molecule has 0 aromatic carbocycles. The highest BCUT2D eigenvalue weighted by molar-refractivity contribution is 5.45. The zero-order valence-corrected chi connectivity index (χ0v) is 9.83. The fourth-order valence-corrected chi connectivity index (χ4v) is 1.96. The number of nitrogens with one attached hydrogen (secondary N) is 1. The Bertz CT molecular complexity index is 434. The second kappa shape index (κ2) is 4.60. The molecule has 1 aromatic heterocycles. The molecule has 100 valence electrons. The molecular weight excluding hydrogens is 247 g/mol. The van der Waals surface area contributed by atoms with Crippen LogP contribution in [-0.2, 0) is 6.18 Å². The van der Waals surface area contributed by atoms with Gasteiger partial charge in [0, 0.05) is 25.2 Å². The molecule has 0 saturated carbocycles. The Balaban J connectivity index is 2.26. The Morgan fingerprint density at radius 3 is 2.72 bits per heavy atom. The van der Waals surface area contributed by atoms with Gasteiger partial charge in [0.2, 0.25) is 5.95 Å². The lowest BCUT2D eigenvalue weighted by Crippen LogP contribution is -2.30. The second-order valence-corrected chi connectivity index (χ2v) is 4.19. The maximum absolute atomic E-state index is 12.6. The first-order valence-electron chi connectivity index (χ1n) is 5.54. The summed E-state index contributed by atoms with van der Waals surface area (Å²) in [5, 5.41) is 3.08. The summed E-state index contributed by atoms with van der Waals surface area (Å²) in [5.41, 5.74) is 4.32. The molecule has 1 fully saturated rings. The topological polar surface area (TPSA) is 67.1 Å². The van der Waals surface area contributed by atoms with Crippen LogP contribution in [0.25, 0.3) is 0 Å². The first kappa shape index (κ1) is 12.9. The summed E-state index contributed by atoms with van der Waals surface area (Å²) in [5.74, 6) is -0.125. The highest BCUT2D eigenvalue weighted by Gasteiger charge is 2.34. The second-order valence-electron chi connectivity index (χ2n) is 4.19. The molecule has 2 rings (SSSR count). The van der Waals surface area contributed by atoms with Crippen molar-refractivity contribution >= 4 is 11.8 Å². The molecule has 0 amide bonds. The summed E-state index contributed by atoms with van der Waals surface area (Å²) >= 11 is 0. The molecule has 3 N–H and O–H groups in total. The van der Waals surface area contributed by atoms with Crippen LogP contribution in [0, 0.1) is 0 Å². The van der Waals surface area contributed by atoms with Crippen LogP contribution < -0.4 is 16.0 Å². The van der Waals surface area contributed by atoms with Crippen LogP contribution in [0.3, 0.4) is 0 Å². The lowest BCUT2D eigenvalue weighted by Gasteiger charge is -2.18. The van der Waals surface area contributed by atoms with Gasteiger partial charge in [-0.15, -0.1) is 0 Å². The van der Waals surface area contributed by atoms with Crippen molar-refractivity contribution < 1.29 is 13.2 Å². The zero-order chi connectivity index (χ0) is 13.3. The molecule has 1 saturated heterocycles. The number of nitrogens with zero attached hydrogens (tertiary/aromatic N) is 3. The van der Waals surface area contributed by atoms with Gasteiger partial charge in [-0.3, -0.25) is 0 Å². The van der Waals surface area contributed by atoms with Crippen molar-refractivity contribution in [1.29, 1.82) is 0 Å². The van der Waals surface area contributed by atoms with E-state index < -0.39 is 11.9 Å². The third-order valence-electron chi connectivity index (χ3n) is 2.94. The summed E-state index contributed by atoms with van der Waals surface area (Å²) in [6.45, 7) is 1.27. The molecule has 0 unspecified atom stereocenters. The fourth-order valence-electron chi connectivity index (χ4n) is 1.96. The molecule has 0 radical (unpaired) electrons. The van der Waals surface area contributed by atoms with Gasteiger partial charge in [0.15, 0.2) is 5.69 Å². The van der Waals surface area contributed by atoms with E-state index in [1.165, 1.54) is 0 Å². The number of hydrogen-bond acceptors (Lipinski definition) is 5. The molecule has 2 heterocycles. The van der Waals surface area contributed by atoms with Crippen molar-refractivity contribution in [2.45, 2.75) is 18.6 Å². The number of nitrogen functional groups attached to an aromatic ring is 1. The SMILES string of the molecule is CN[C@@H]1CCN(c2cc(C(F)(F)F)nc(N)n2)C1. The summed E-state index contributed by atoms with van der Waals surface area (Å²) in [6, 6.07) is 1.20. The van der Waals surface area contributed by atoms with E-state index in [0.717, 1.165) is 12.5 Å². The van der Waals surface area contributed by atoms with Gasteiger partial charge >= 0.3 is 6.18 Å². The number of hydrogen-bond donors (Lipinski definition) is 2. The predicted octanol–water partition coefficient (Wildman–Crippen LogP) is 0.876. The van der Waals surface area contributed by atoms with Crippen molar-refractivity contribution in [2.75, 3.05) is 30.8 Å². The average molecular weight is 261 g/mol. The Morgan fingerprint density at radius 1 is 1.44 bits per heavy atom. The Morgan fingerprint density at radius 2 is 2.17 bits per heavy atom. The van der Waals surface area contributed by atoms with Crippen LogP contribution in [0.4, 0.5) is 24.9 Å². The maximum Gasteiger partial charge on any atom is 0.433 e. The maximum atomic E-state index is 12.6. The van der Waals surface area contributed by atoms with Gasteiger partial charge in [0.1, 0.15) is 5.82 Å². The molecule has 5 nitrogen and oxygen atoms in total. The first-order valence-corrected chi connectivity index (χ1v) is 5.54. The molecule has 0 spiro atoms. The number of nitrogens with two attached hydrogens (primary N) is 1. The van der Waals surface area contributed by atoms with Gasteiger partial charge < -0.3 is 16.0 Å². The lowest BCUT2D eigenvalue weighted by molar-refractivity contribution is -0.141. The Hall–Kier alpha value is -1.57. The van der Waals surface area contributed by atoms with E-state index in [-0.39, 0.29) is 17.8 Å². The van der Waals surface area contributed by atoms with Crippen LogP contribution in [0.2, 0.25) is 0 Å². The number of likely N-dealkylation sites (N-methyl/N-ethyl adjacent to an activating group) is 1. The van der Waals surface area contributed by atoms with E-state index in [9.17, 15) is 13.2 Å². The summed E-state index contributed by atoms with van der Waals surface area (Å²) in [4.78, 5) is 8.85. The quantitative estimate of drug-likeness (QED) is 0.827. The summed E-state index contributed by atoms with van der Waals surface area (Å²) in [7, 11) is 1.82. The van der Waals surface area contributed by atoms with Gasteiger partial charge in [-0.2, -0.15) is 18.2 Å². The molecule has 8 heteroatoms. The molecule has 1 atom stereocenters. The molecule has 1 aliphatic heterocycles. The summed E-state index contributed by atoms with van der Waals surface area (Å²) in [6.07, 6.45) is -3.64. The molecule has 1 aromatic rings. The highest BCUT2D eigenvalue weighted by Crippen LogP contribution is 2.30. The van der Waals surface area contributed by atoms with E-state index in [2.05, 4.69) is 15.3 Å². The normalized spacial score (nSPS) is 20.4. The number of alkyl halides is 3. The van der Waals surface area contributed by atoms with Gasteiger partial charge in [-0.1, -0.05) is 0 Å².